The zero-order valence-electron chi connectivity index (χ0n) is 11.5. The molecule has 1 aliphatic heterocycles. The van der Waals surface area contributed by atoms with Crippen molar-refractivity contribution in [1.29, 1.82) is 0 Å². The predicted molar refractivity (Wildman–Crippen MR) is 78.2 cm³/mol. The van der Waals surface area contributed by atoms with Crippen molar-refractivity contribution >= 4 is 33.5 Å². The standard InChI is InChI=1S/C12H16ClN3O4S/c1-2-20-12(17)10-4-3-7-16(10)21(18,19)15-9-5-6-14-11(13)8-9/h5-6,8,10H,2-4,7H2,1H3,(H,14,15). The van der Waals surface area contributed by atoms with Gasteiger partial charge in [-0.3, -0.25) is 9.52 Å². The number of nitrogens with one attached hydrogen (secondary N) is 1. The third-order valence-corrected chi connectivity index (χ3v) is 4.80. The van der Waals surface area contributed by atoms with Crippen LogP contribution in [0.25, 0.3) is 0 Å². The SMILES string of the molecule is CCOC(=O)C1CCCN1S(=O)(=O)Nc1ccnc(Cl)c1. The maximum Gasteiger partial charge on any atom is 0.324 e. The van der Waals surface area contributed by atoms with Crippen LogP contribution >= 0.6 is 11.6 Å². The maximum atomic E-state index is 12.4. The van der Waals surface area contributed by atoms with Crippen molar-refractivity contribution in [2.75, 3.05) is 17.9 Å². The Balaban J connectivity index is 2.16. The second-order valence-electron chi connectivity index (χ2n) is 4.50. The quantitative estimate of drug-likeness (QED) is 0.650. The second-order valence-corrected chi connectivity index (χ2v) is 6.51. The Labute approximate surface area is 128 Å². The van der Waals surface area contributed by atoms with E-state index in [0.717, 1.165) is 4.31 Å². The molecule has 9 heteroatoms. The number of rotatable bonds is 5. The van der Waals surface area contributed by atoms with E-state index in [4.69, 9.17) is 16.3 Å². The van der Waals surface area contributed by atoms with Gasteiger partial charge in [0.2, 0.25) is 0 Å². The van der Waals surface area contributed by atoms with Crippen LogP contribution in [0.15, 0.2) is 18.3 Å². The molecule has 1 N–H and O–H groups in total. The molecule has 0 aromatic carbocycles. The van der Waals surface area contributed by atoms with Gasteiger partial charge in [-0.1, -0.05) is 11.6 Å². The van der Waals surface area contributed by atoms with Gasteiger partial charge in [-0.25, -0.2) is 4.98 Å². The summed E-state index contributed by atoms with van der Waals surface area (Å²) in [6.45, 7) is 2.18. The second kappa shape index (κ2) is 6.59. The number of aromatic nitrogens is 1. The van der Waals surface area contributed by atoms with Crippen LogP contribution in [0.1, 0.15) is 19.8 Å². The number of nitrogens with zero attached hydrogens (tertiary/aromatic N) is 2. The molecule has 21 heavy (non-hydrogen) atoms. The molecule has 0 aliphatic carbocycles. The summed E-state index contributed by atoms with van der Waals surface area (Å²) in [4.78, 5) is 15.6. The summed E-state index contributed by atoms with van der Waals surface area (Å²) in [5.74, 6) is -0.520. The fourth-order valence-corrected chi connectivity index (χ4v) is 3.79. The number of carbonyl (C=O) groups is 1. The van der Waals surface area contributed by atoms with Crippen molar-refractivity contribution in [3.8, 4) is 0 Å². The molecule has 0 amide bonds. The molecule has 0 radical (unpaired) electrons. The summed E-state index contributed by atoms with van der Waals surface area (Å²) in [6.07, 6.45) is 2.46. The van der Waals surface area contributed by atoms with Gasteiger partial charge in [-0.15, -0.1) is 0 Å². The van der Waals surface area contributed by atoms with Crippen LogP contribution in [0.4, 0.5) is 5.69 Å². The molecule has 2 rings (SSSR count). The smallest absolute Gasteiger partial charge is 0.324 e. The van der Waals surface area contributed by atoms with Crippen molar-refractivity contribution in [1.82, 2.24) is 9.29 Å². The Kier molecular flexibility index (Phi) is 5.02. The van der Waals surface area contributed by atoms with Crippen molar-refractivity contribution in [3.05, 3.63) is 23.5 Å². The molecule has 0 saturated carbocycles. The van der Waals surface area contributed by atoms with E-state index in [9.17, 15) is 13.2 Å². The highest BCUT2D eigenvalue weighted by atomic mass is 35.5. The Morgan fingerprint density at radius 3 is 3.05 bits per heavy atom. The van der Waals surface area contributed by atoms with Crippen LogP contribution in [0.3, 0.4) is 0 Å². The largest absolute Gasteiger partial charge is 0.465 e. The van der Waals surface area contributed by atoms with E-state index in [1.807, 2.05) is 0 Å². The van der Waals surface area contributed by atoms with Crippen LogP contribution in [-0.4, -0.2) is 42.9 Å². The Morgan fingerprint density at radius 1 is 1.62 bits per heavy atom. The van der Waals surface area contributed by atoms with Gasteiger partial charge in [0.05, 0.1) is 12.3 Å². The zero-order valence-corrected chi connectivity index (χ0v) is 13.0. The van der Waals surface area contributed by atoms with E-state index in [2.05, 4.69) is 9.71 Å². The summed E-state index contributed by atoms with van der Waals surface area (Å²) < 4.78 is 33.2. The van der Waals surface area contributed by atoms with E-state index >= 15 is 0 Å². The lowest BCUT2D eigenvalue weighted by Gasteiger charge is -2.23. The van der Waals surface area contributed by atoms with Gasteiger partial charge in [0.25, 0.3) is 0 Å². The molecule has 7 nitrogen and oxygen atoms in total. The van der Waals surface area contributed by atoms with Crippen LogP contribution in [0, 0.1) is 0 Å². The maximum absolute atomic E-state index is 12.4. The molecule has 1 fully saturated rings. The number of hydrogen-bond acceptors (Lipinski definition) is 5. The molecular weight excluding hydrogens is 318 g/mol. The topological polar surface area (TPSA) is 88.6 Å². The molecule has 1 aromatic heterocycles. The monoisotopic (exact) mass is 333 g/mol. The van der Waals surface area contributed by atoms with E-state index in [1.165, 1.54) is 18.3 Å². The van der Waals surface area contributed by atoms with Gasteiger partial charge >= 0.3 is 16.2 Å². The molecule has 1 saturated heterocycles. The van der Waals surface area contributed by atoms with Gasteiger partial charge in [-0.2, -0.15) is 12.7 Å². The van der Waals surface area contributed by atoms with Gasteiger partial charge < -0.3 is 4.74 Å². The number of anilines is 1. The van der Waals surface area contributed by atoms with Gasteiger partial charge in [0.1, 0.15) is 11.2 Å². The molecule has 1 aliphatic rings. The molecule has 0 bridgehead atoms. The normalized spacial score (nSPS) is 19.4. The molecule has 2 heterocycles. The molecule has 1 aromatic rings. The minimum Gasteiger partial charge on any atom is -0.465 e. The summed E-state index contributed by atoms with van der Waals surface area (Å²) in [7, 11) is -3.85. The molecular formula is C12H16ClN3O4S. The average molecular weight is 334 g/mol. The lowest BCUT2D eigenvalue weighted by molar-refractivity contribution is -0.146. The minimum atomic E-state index is -3.85. The van der Waals surface area contributed by atoms with Crippen LogP contribution in [-0.2, 0) is 19.7 Å². The molecule has 116 valence electrons. The number of pyridine rings is 1. The third kappa shape index (κ3) is 3.84. The summed E-state index contributed by atoms with van der Waals surface area (Å²) in [5.41, 5.74) is 0.296. The van der Waals surface area contributed by atoms with Crippen LogP contribution < -0.4 is 4.72 Å². The number of ether oxygens (including phenoxy) is 1. The first-order chi connectivity index (χ1) is 9.94. The Bertz CT molecular complexity index is 623. The van der Waals surface area contributed by atoms with Gasteiger partial charge in [0, 0.05) is 12.7 Å². The van der Waals surface area contributed by atoms with E-state index < -0.39 is 22.2 Å². The highest BCUT2D eigenvalue weighted by Crippen LogP contribution is 2.24. The highest BCUT2D eigenvalue weighted by molar-refractivity contribution is 7.90. The number of esters is 1. The summed E-state index contributed by atoms with van der Waals surface area (Å²) in [6, 6.07) is 2.10. The lowest BCUT2D eigenvalue weighted by atomic mass is 10.2. The predicted octanol–water partition coefficient (Wildman–Crippen LogP) is 1.42. The molecule has 1 unspecified atom stereocenters. The molecule has 1 atom stereocenters. The third-order valence-electron chi connectivity index (χ3n) is 3.04. The van der Waals surface area contributed by atoms with E-state index in [0.29, 0.717) is 18.5 Å². The van der Waals surface area contributed by atoms with Crippen molar-refractivity contribution < 1.29 is 17.9 Å². The zero-order chi connectivity index (χ0) is 15.5. The minimum absolute atomic E-state index is 0.179. The first kappa shape index (κ1) is 16.0. The lowest BCUT2D eigenvalue weighted by Crippen LogP contribution is -2.44. The van der Waals surface area contributed by atoms with Crippen LogP contribution in [0.2, 0.25) is 5.15 Å². The average Bonchev–Trinajstić information content (AvgIpc) is 2.88. The Morgan fingerprint density at radius 2 is 2.38 bits per heavy atom. The number of halogens is 1. The first-order valence-corrected chi connectivity index (χ1v) is 8.33. The van der Waals surface area contributed by atoms with Crippen molar-refractivity contribution in [2.24, 2.45) is 0 Å². The fourth-order valence-electron chi connectivity index (χ4n) is 2.18. The van der Waals surface area contributed by atoms with E-state index in [1.54, 1.807) is 6.92 Å². The van der Waals surface area contributed by atoms with E-state index in [-0.39, 0.29) is 18.3 Å². The number of hydrogen-bond donors (Lipinski definition) is 1. The van der Waals surface area contributed by atoms with Crippen LogP contribution in [0.5, 0.6) is 0 Å². The molecule has 0 spiro atoms. The first-order valence-electron chi connectivity index (χ1n) is 6.52. The van der Waals surface area contributed by atoms with Gasteiger partial charge in [0.15, 0.2) is 0 Å². The number of carbonyl (C=O) groups excluding carboxylic acids is 1. The van der Waals surface area contributed by atoms with Crippen molar-refractivity contribution in [2.45, 2.75) is 25.8 Å². The van der Waals surface area contributed by atoms with Gasteiger partial charge in [-0.05, 0) is 31.9 Å². The Hall–Kier alpha value is -1.38. The highest BCUT2D eigenvalue weighted by Gasteiger charge is 2.39. The fraction of sp³-hybridized carbons (Fsp3) is 0.500. The van der Waals surface area contributed by atoms with Crippen molar-refractivity contribution in [3.63, 3.8) is 0 Å². The summed E-state index contributed by atoms with van der Waals surface area (Å²) in [5, 5.41) is 0.179. The summed E-state index contributed by atoms with van der Waals surface area (Å²) >= 11 is 5.72.